The molecule has 1 rings (SSSR count). The summed E-state index contributed by atoms with van der Waals surface area (Å²) < 4.78 is 0. The third-order valence-electron chi connectivity index (χ3n) is 1.88. The van der Waals surface area contributed by atoms with Gasteiger partial charge < -0.3 is 17.2 Å². The standard InChI is InChI=1S/C7H15N5/c1-4(5-2-3-5)11-7(10)12-6(8)9/h4-5H,2-3H2,1H3,(H6,8,9,10,11,12). The Labute approximate surface area is 71.7 Å². The fourth-order valence-corrected chi connectivity index (χ4v) is 1.05. The van der Waals surface area contributed by atoms with Crippen molar-refractivity contribution in [3.63, 3.8) is 0 Å². The lowest BCUT2D eigenvalue weighted by Crippen LogP contribution is -2.27. The topological polar surface area (TPSA) is 103 Å². The third-order valence-corrected chi connectivity index (χ3v) is 1.88. The van der Waals surface area contributed by atoms with Crippen LogP contribution in [-0.4, -0.2) is 18.0 Å². The highest BCUT2D eigenvalue weighted by atomic mass is 15.1. The van der Waals surface area contributed by atoms with Gasteiger partial charge in [-0.25, -0.2) is 4.99 Å². The first-order chi connectivity index (χ1) is 5.59. The van der Waals surface area contributed by atoms with Gasteiger partial charge in [0.2, 0.25) is 5.96 Å². The van der Waals surface area contributed by atoms with Gasteiger partial charge in [-0.2, -0.15) is 4.99 Å². The van der Waals surface area contributed by atoms with Crippen LogP contribution in [0.4, 0.5) is 0 Å². The minimum atomic E-state index is -0.0424. The molecule has 0 amide bonds. The maximum atomic E-state index is 5.44. The van der Waals surface area contributed by atoms with Crippen molar-refractivity contribution in [1.82, 2.24) is 0 Å². The molecule has 1 aliphatic carbocycles. The zero-order valence-corrected chi connectivity index (χ0v) is 7.20. The van der Waals surface area contributed by atoms with Gasteiger partial charge in [-0.3, -0.25) is 0 Å². The van der Waals surface area contributed by atoms with Crippen molar-refractivity contribution in [2.75, 3.05) is 0 Å². The lowest BCUT2D eigenvalue weighted by atomic mass is 10.2. The Morgan fingerprint density at radius 3 is 2.33 bits per heavy atom. The number of hydrogen-bond acceptors (Lipinski definition) is 1. The minimum Gasteiger partial charge on any atom is -0.370 e. The molecule has 6 N–H and O–H groups in total. The van der Waals surface area contributed by atoms with Crippen LogP contribution in [0.15, 0.2) is 9.98 Å². The summed E-state index contributed by atoms with van der Waals surface area (Å²) in [6.07, 6.45) is 2.47. The van der Waals surface area contributed by atoms with Crippen LogP contribution < -0.4 is 17.2 Å². The van der Waals surface area contributed by atoms with Crippen LogP contribution in [0.2, 0.25) is 0 Å². The number of rotatable bonds is 2. The molecule has 0 saturated heterocycles. The summed E-state index contributed by atoms with van der Waals surface area (Å²) in [6, 6.07) is 0.244. The van der Waals surface area contributed by atoms with Gasteiger partial charge in [0, 0.05) is 0 Å². The smallest absolute Gasteiger partial charge is 0.218 e. The fourth-order valence-electron chi connectivity index (χ4n) is 1.05. The van der Waals surface area contributed by atoms with Crippen LogP contribution in [0.25, 0.3) is 0 Å². The molecule has 5 nitrogen and oxygen atoms in total. The molecular weight excluding hydrogens is 154 g/mol. The number of nitrogens with two attached hydrogens (primary N) is 3. The van der Waals surface area contributed by atoms with E-state index >= 15 is 0 Å². The lowest BCUT2D eigenvalue weighted by Gasteiger charge is -2.02. The van der Waals surface area contributed by atoms with Gasteiger partial charge in [-0.1, -0.05) is 0 Å². The molecular formula is C7H15N5. The Bertz CT molecular complexity index is 212. The van der Waals surface area contributed by atoms with E-state index in [-0.39, 0.29) is 18.0 Å². The number of hydrogen-bond donors (Lipinski definition) is 3. The Morgan fingerprint density at radius 2 is 1.92 bits per heavy atom. The summed E-state index contributed by atoms with van der Waals surface area (Å²) in [5, 5.41) is 0. The van der Waals surface area contributed by atoms with E-state index < -0.39 is 0 Å². The summed E-state index contributed by atoms with van der Waals surface area (Å²) in [4.78, 5) is 7.75. The van der Waals surface area contributed by atoms with Crippen molar-refractivity contribution in [3.8, 4) is 0 Å². The van der Waals surface area contributed by atoms with E-state index in [1.165, 1.54) is 12.8 Å². The largest absolute Gasteiger partial charge is 0.370 e. The third kappa shape index (κ3) is 2.77. The summed E-state index contributed by atoms with van der Waals surface area (Å²) in [7, 11) is 0. The molecule has 1 saturated carbocycles. The highest BCUT2D eigenvalue weighted by Gasteiger charge is 2.27. The lowest BCUT2D eigenvalue weighted by molar-refractivity contribution is 0.651. The zero-order valence-electron chi connectivity index (χ0n) is 7.20. The van der Waals surface area contributed by atoms with E-state index in [1.54, 1.807) is 0 Å². The van der Waals surface area contributed by atoms with Gasteiger partial charge in [-0.05, 0) is 25.7 Å². The molecule has 1 atom stereocenters. The Hall–Kier alpha value is -1.26. The summed E-state index contributed by atoms with van der Waals surface area (Å²) in [5.41, 5.74) is 15.7. The van der Waals surface area contributed by atoms with Crippen LogP contribution in [0.1, 0.15) is 19.8 Å². The Balaban J connectivity index is 2.48. The van der Waals surface area contributed by atoms with E-state index in [0.29, 0.717) is 5.92 Å². The molecule has 0 aromatic rings. The molecule has 1 aliphatic rings. The van der Waals surface area contributed by atoms with Gasteiger partial charge in [0.25, 0.3) is 0 Å². The van der Waals surface area contributed by atoms with E-state index in [0.717, 1.165) is 0 Å². The zero-order chi connectivity index (χ0) is 9.14. The van der Waals surface area contributed by atoms with E-state index in [4.69, 9.17) is 17.2 Å². The maximum absolute atomic E-state index is 5.44. The maximum Gasteiger partial charge on any atom is 0.218 e. The molecule has 0 aromatic heterocycles. The number of guanidine groups is 2. The van der Waals surface area contributed by atoms with Gasteiger partial charge >= 0.3 is 0 Å². The van der Waals surface area contributed by atoms with E-state index in [9.17, 15) is 0 Å². The summed E-state index contributed by atoms with van der Waals surface area (Å²) in [6.45, 7) is 2.02. The SMILES string of the molecule is CC(N=C(N)N=C(N)N)C1CC1. The predicted octanol–water partition coefficient (Wildman–Crippen LogP) is -0.627. The second kappa shape index (κ2) is 3.42. The van der Waals surface area contributed by atoms with Gasteiger partial charge in [0.15, 0.2) is 5.96 Å². The average Bonchev–Trinajstić information content (AvgIpc) is 2.63. The second-order valence-electron chi connectivity index (χ2n) is 3.10. The average molecular weight is 169 g/mol. The molecule has 0 aromatic carbocycles. The molecule has 0 aliphatic heterocycles. The Kier molecular flexibility index (Phi) is 2.52. The van der Waals surface area contributed by atoms with Crippen molar-refractivity contribution in [2.45, 2.75) is 25.8 Å². The van der Waals surface area contributed by atoms with E-state index in [1.807, 2.05) is 6.92 Å². The molecule has 68 valence electrons. The van der Waals surface area contributed by atoms with Crippen LogP contribution in [0.5, 0.6) is 0 Å². The Morgan fingerprint density at radius 1 is 1.33 bits per heavy atom. The van der Waals surface area contributed by atoms with Crippen LogP contribution in [0, 0.1) is 5.92 Å². The number of aliphatic imine (C=N–C) groups is 2. The van der Waals surface area contributed by atoms with Gasteiger partial charge in [-0.15, -0.1) is 0 Å². The summed E-state index contributed by atoms with van der Waals surface area (Å²) >= 11 is 0. The second-order valence-corrected chi connectivity index (χ2v) is 3.10. The van der Waals surface area contributed by atoms with E-state index in [2.05, 4.69) is 9.98 Å². The van der Waals surface area contributed by atoms with Crippen molar-refractivity contribution >= 4 is 11.9 Å². The highest BCUT2D eigenvalue weighted by Crippen LogP contribution is 2.33. The predicted molar refractivity (Wildman–Crippen MR) is 49.6 cm³/mol. The van der Waals surface area contributed by atoms with Crippen LogP contribution in [-0.2, 0) is 0 Å². The van der Waals surface area contributed by atoms with Crippen molar-refractivity contribution < 1.29 is 0 Å². The molecule has 0 bridgehead atoms. The van der Waals surface area contributed by atoms with Gasteiger partial charge in [0.05, 0.1) is 6.04 Å². The molecule has 0 radical (unpaired) electrons. The first-order valence-corrected chi connectivity index (χ1v) is 4.02. The highest BCUT2D eigenvalue weighted by molar-refractivity contribution is 5.92. The molecule has 1 unspecified atom stereocenters. The minimum absolute atomic E-state index is 0.0424. The quantitative estimate of drug-likeness (QED) is 0.379. The number of nitrogens with zero attached hydrogens (tertiary/aromatic N) is 2. The van der Waals surface area contributed by atoms with Gasteiger partial charge in [0.1, 0.15) is 0 Å². The molecule has 12 heavy (non-hydrogen) atoms. The normalized spacial score (nSPS) is 20.2. The van der Waals surface area contributed by atoms with Crippen molar-refractivity contribution in [2.24, 2.45) is 33.1 Å². The van der Waals surface area contributed by atoms with Crippen molar-refractivity contribution in [3.05, 3.63) is 0 Å². The fraction of sp³-hybridized carbons (Fsp3) is 0.714. The monoisotopic (exact) mass is 169 g/mol. The molecule has 0 heterocycles. The van der Waals surface area contributed by atoms with Crippen molar-refractivity contribution in [1.29, 1.82) is 0 Å². The molecule has 1 fully saturated rings. The molecule has 5 heteroatoms. The van der Waals surface area contributed by atoms with Crippen LogP contribution in [0.3, 0.4) is 0 Å². The molecule has 0 spiro atoms. The first-order valence-electron chi connectivity index (χ1n) is 4.02. The summed E-state index contributed by atoms with van der Waals surface area (Å²) in [5.74, 6) is 0.811. The first kappa shape index (κ1) is 8.83. The van der Waals surface area contributed by atoms with Crippen LogP contribution >= 0.6 is 0 Å².